The van der Waals surface area contributed by atoms with E-state index in [2.05, 4.69) is 29.0 Å². The average molecular weight is 228 g/mol. The molecule has 0 saturated carbocycles. The molecule has 0 bridgehead atoms. The maximum absolute atomic E-state index is 4.33. The topological polar surface area (TPSA) is 24.9 Å². The van der Waals surface area contributed by atoms with Crippen LogP contribution >= 0.6 is 23.1 Å². The summed E-state index contributed by atoms with van der Waals surface area (Å²) in [6.45, 7) is 4.21. The van der Waals surface area contributed by atoms with Crippen molar-refractivity contribution in [1.29, 1.82) is 0 Å². The molecule has 4 heteroatoms. The van der Waals surface area contributed by atoms with E-state index < -0.39 is 0 Å². The molecule has 14 heavy (non-hydrogen) atoms. The molecule has 2 rings (SSSR count). The van der Waals surface area contributed by atoms with Gasteiger partial charge in [0.05, 0.1) is 0 Å². The van der Waals surface area contributed by atoms with Crippen LogP contribution in [0.5, 0.6) is 0 Å². The number of rotatable bonds is 4. The van der Waals surface area contributed by atoms with E-state index in [-0.39, 0.29) is 0 Å². The number of nitrogens with zero attached hydrogens (tertiary/aromatic N) is 1. The first-order valence-electron chi connectivity index (χ1n) is 5.04. The molecule has 1 atom stereocenters. The predicted molar refractivity (Wildman–Crippen MR) is 64.0 cm³/mol. The Morgan fingerprint density at radius 1 is 1.64 bits per heavy atom. The van der Waals surface area contributed by atoms with E-state index in [1.165, 1.54) is 27.8 Å². The first-order chi connectivity index (χ1) is 6.84. The molecule has 2 nitrogen and oxygen atoms in total. The van der Waals surface area contributed by atoms with Crippen LogP contribution in [0.25, 0.3) is 0 Å². The van der Waals surface area contributed by atoms with Gasteiger partial charge in [-0.25, -0.2) is 4.98 Å². The fourth-order valence-electron chi connectivity index (χ4n) is 1.61. The van der Waals surface area contributed by atoms with Gasteiger partial charge in [-0.15, -0.1) is 11.3 Å². The summed E-state index contributed by atoms with van der Waals surface area (Å²) in [6.07, 6.45) is 3.33. The molecular formula is C10H16N2S2. The van der Waals surface area contributed by atoms with E-state index in [0.717, 1.165) is 19.0 Å². The Balaban J connectivity index is 1.67. The Morgan fingerprint density at radius 2 is 2.57 bits per heavy atom. The Kier molecular flexibility index (Phi) is 3.84. The van der Waals surface area contributed by atoms with Crippen molar-refractivity contribution >= 4 is 23.1 Å². The molecule has 1 aliphatic rings. The maximum Gasteiger partial charge on any atom is 0.107 e. The second-order valence-corrected chi connectivity index (χ2v) is 6.19. The van der Waals surface area contributed by atoms with Crippen LogP contribution in [0.15, 0.2) is 6.20 Å². The van der Waals surface area contributed by atoms with Gasteiger partial charge in [-0.3, -0.25) is 0 Å². The number of hydrogen-bond acceptors (Lipinski definition) is 4. The first-order valence-corrected chi connectivity index (χ1v) is 7.01. The van der Waals surface area contributed by atoms with Gasteiger partial charge in [-0.1, -0.05) is 0 Å². The molecule has 78 valence electrons. The van der Waals surface area contributed by atoms with Crippen molar-refractivity contribution in [3.8, 4) is 0 Å². The fourth-order valence-corrected chi connectivity index (χ4v) is 3.65. The molecule has 1 aliphatic heterocycles. The van der Waals surface area contributed by atoms with E-state index in [1.807, 2.05) is 6.20 Å². The lowest BCUT2D eigenvalue weighted by Crippen LogP contribution is -2.22. The standard InChI is InChI=1S/C10H16N2S2/c1-8-4-12-10(14-8)6-11-5-9-2-3-13-7-9/h4,9,11H,2-3,5-7H2,1H3. The Morgan fingerprint density at radius 3 is 3.21 bits per heavy atom. The monoisotopic (exact) mass is 228 g/mol. The minimum absolute atomic E-state index is 0.890. The van der Waals surface area contributed by atoms with Gasteiger partial charge in [0.1, 0.15) is 5.01 Å². The summed E-state index contributed by atoms with van der Waals surface area (Å²) in [4.78, 5) is 5.63. The van der Waals surface area contributed by atoms with Gasteiger partial charge in [0.25, 0.3) is 0 Å². The molecule has 1 saturated heterocycles. The summed E-state index contributed by atoms with van der Waals surface area (Å²) in [5.41, 5.74) is 0. The van der Waals surface area contributed by atoms with E-state index in [4.69, 9.17) is 0 Å². The van der Waals surface area contributed by atoms with Crippen molar-refractivity contribution in [2.75, 3.05) is 18.1 Å². The van der Waals surface area contributed by atoms with Gasteiger partial charge in [-0.2, -0.15) is 11.8 Å². The van der Waals surface area contributed by atoms with Crippen molar-refractivity contribution < 1.29 is 0 Å². The van der Waals surface area contributed by atoms with Crippen LogP contribution in [-0.4, -0.2) is 23.0 Å². The second kappa shape index (κ2) is 5.14. The molecule has 0 amide bonds. The van der Waals surface area contributed by atoms with Crippen molar-refractivity contribution in [3.05, 3.63) is 16.1 Å². The number of aromatic nitrogens is 1. The summed E-state index contributed by atoms with van der Waals surface area (Å²) in [7, 11) is 0. The van der Waals surface area contributed by atoms with Crippen LogP contribution in [0.1, 0.15) is 16.3 Å². The summed E-state index contributed by atoms with van der Waals surface area (Å²) in [5, 5.41) is 4.71. The average Bonchev–Trinajstić information content (AvgIpc) is 2.77. The Bertz CT molecular complexity index is 279. The minimum atomic E-state index is 0.890. The largest absolute Gasteiger partial charge is 0.310 e. The molecule has 2 heterocycles. The first kappa shape index (κ1) is 10.5. The van der Waals surface area contributed by atoms with Crippen LogP contribution < -0.4 is 5.32 Å². The van der Waals surface area contributed by atoms with Crippen LogP contribution in [0.4, 0.5) is 0 Å². The molecule has 0 radical (unpaired) electrons. The zero-order valence-corrected chi connectivity index (χ0v) is 10.1. The lowest BCUT2D eigenvalue weighted by Gasteiger charge is -2.07. The predicted octanol–water partition coefficient (Wildman–Crippen LogP) is 2.29. The van der Waals surface area contributed by atoms with Gasteiger partial charge in [-0.05, 0) is 37.3 Å². The van der Waals surface area contributed by atoms with Crippen LogP contribution in [0.3, 0.4) is 0 Å². The molecule has 0 aliphatic carbocycles. The highest BCUT2D eigenvalue weighted by atomic mass is 32.2. The van der Waals surface area contributed by atoms with Gasteiger partial charge >= 0.3 is 0 Å². The number of thiazole rings is 1. The number of thioether (sulfide) groups is 1. The Labute approximate surface area is 93.5 Å². The smallest absolute Gasteiger partial charge is 0.107 e. The second-order valence-electron chi connectivity index (χ2n) is 3.73. The van der Waals surface area contributed by atoms with Gasteiger partial charge in [0.15, 0.2) is 0 Å². The summed E-state index contributed by atoms with van der Waals surface area (Å²) in [5.74, 6) is 3.58. The molecular weight excluding hydrogens is 212 g/mol. The van der Waals surface area contributed by atoms with Crippen LogP contribution in [-0.2, 0) is 6.54 Å². The van der Waals surface area contributed by atoms with Crippen LogP contribution in [0, 0.1) is 12.8 Å². The minimum Gasteiger partial charge on any atom is -0.310 e. The van der Waals surface area contributed by atoms with Crippen molar-refractivity contribution in [3.63, 3.8) is 0 Å². The van der Waals surface area contributed by atoms with Gasteiger partial charge in [0.2, 0.25) is 0 Å². The number of nitrogens with one attached hydrogen (secondary N) is 1. The maximum atomic E-state index is 4.33. The van der Waals surface area contributed by atoms with Gasteiger partial charge < -0.3 is 5.32 Å². The molecule has 1 aromatic heterocycles. The fraction of sp³-hybridized carbons (Fsp3) is 0.700. The zero-order valence-electron chi connectivity index (χ0n) is 8.45. The van der Waals surface area contributed by atoms with E-state index in [9.17, 15) is 0 Å². The lowest BCUT2D eigenvalue weighted by molar-refractivity contribution is 0.523. The Hall–Kier alpha value is -0.0600. The summed E-state index contributed by atoms with van der Waals surface area (Å²) >= 11 is 3.87. The van der Waals surface area contributed by atoms with E-state index in [1.54, 1.807) is 11.3 Å². The van der Waals surface area contributed by atoms with Crippen LogP contribution in [0.2, 0.25) is 0 Å². The molecule has 0 spiro atoms. The van der Waals surface area contributed by atoms with Crippen molar-refractivity contribution in [2.45, 2.75) is 19.9 Å². The summed E-state index contributed by atoms with van der Waals surface area (Å²) < 4.78 is 0. The zero-order chi connectivity index (χ0) is 9.80. The van der Waals surface area contributed by atoms with Crippen molar-refractivity contribution in [1.82, 2.24) is 10.3 Å². The third kappa shape index (κ3) is 2.97. The van der Waals surface area contributed by atoms with E-state index in [0.29, 0.717) is 0 Å². The quantitative estimate of drug-likeness (QED) is 0.856. The molecule has 1 fully saturated rings. The van der Waals surface area contributed by atoms with Gasteiger partial charge in [0, 0.05) is 17.6 Å². The van der Waals surface area contributed by atoms with E-state index >= 15 is 0 Å². The highest BCUT2D eigenvalue weighted by Gasteiger charge is 2.14. The normalized spacial score (nSPS) is 21.6. The molecule has 0 aromatic carbocycles. The third-order valence-electron chi connectivity index (χ3n) is 2.40. The number of aryl methyl sites for hydroxylation is 1. The highest BCUT2D eigenvalue weighted by molar-refractivity contribution is 7.99. The SMILES string of the molecule is Cc1cnc(CNCC2CCSC2)s1. The molecule has 1 unspecified atom stereocenters. The molecule has 1 N–H and O–H groups in total. The third-order valence-corrected chi connectivity index (χ3v) is 4.55. The molecule has 1 aromatic rings. The summed E-state index contributed by atoms with van der Waals surface area (Å²) in [6, 6.07) is 0. The number of hydrogen-bond donors (Lipinski definition) is 1. The van der Waals surface area contributed by atoms with Crippen molar-refractivity contribution in [2.24, 2.45) is 5.92 Å². The lowest BCUT2D eigenvalue weighted by atomic mass is 10.1. The highest BCUT2D eigenvalue weighted by Crippen LogP contribution is 2.22.